The molecule has 0 fully saturated rings. The standard InChI is InChI=1S/C21H26/c1-13(2)19-20(4,5)16-10-8-9-15-11-14(3)12-17(18(15)16)21(19,6)7/h8-12H,1-7H3. The number of rotatable bonds is 0. The van der Waals surface area contributed by atoms with Crippen LogP contribution in [0.15, 0.2) is 41.5 Å². The number of hydrogen-bond donors (Lipinski definition) is 0. The molecular formula is C21H26. The minimum absolute atomic E-state index is 0.0843. The topological polar surface area (TPSA) is 0 Å². The lowest BCUT2D eigenvalue weighted by Crippen LogP contribution is -2.38. The van der Waals surface area contributed by atoms with Gasteiger partial charge in [-0.05, 0) is 42.7 Å². The summed E-state index contributed by atoms with van der Waals surface area (Å²) in [5.41, 5.74) is 7.52. The SMILES string of the molecule is CC(C)=C1C(C)(C)c2cccc3cc(C)cc(c23)C1(C)C. The van der Waals surface area contributed by atoms with E-state index in [4.69, 9.17) is 0 Å². The Hall–Kier alpha value is -1.56. The van der Waals surface area contributed by atoms with E-state index in [-0.39, 0.29) is 10.8 Å². The van der Waals surface area contributed by atoms with Gasteiger partial charge in [0, 0.05) is 10.8 Å². The van der Waals surface area contributed by atoms with Crippen molar-refractivity contribution in [2.24, 2.45) is 0 Å². The van der Waals surface area contributed by atoms with Gasteiger partial charge in [-0.2, -0.15) is 0 Å². The van der Waals surface area contributed by atoms with E-state index in [1.165, 1.54) is 33.0 Å². The van der Waals surface area contributed by atoms with Gasteiger partial charge >= 0.3 is 0 Å². The molecule has 0 heterocycles. The monoisotopic (exact) mass is 278 g/mol. The zero-order chi connectivity index (χ0) is 15.6. The number of hydrogen-bond acceptors (Lipinski definition) is 0. The van der Waals surface area contributed by atoms with Gasteiger partial charge in [-0.25, -0.2) is 0 Å². The molecule has 0 radical (unpaired) electrons. The Balaban J connectivity index is 2.58. The van der Waals surface area contributed by atoms with Crippen molar-refractivity contribution in [3.05, 3.63) is 58.2 Å². The van der Waals surface area contributed by atoms with Crippen LogP contribution in [0, 0.1) is 6.92 Å². The molecule has 110 valence electrons. The van der Waals surface area contributed by atoms with Gasteiger partial charge in [0.15, 0.2) is 0 Å². The third-order valence-corrected chi connectivity index (χ3v) is 5.22. The van der Waals surface area contributed by atoms with E-state index in [1.807, 2.05) is 0 Å². The van der Waals surface area contributed by atoms with Gasteiger partial charge < -0.3 is 0 Å². The van der Waals surface area contributed by atoms with Crippen molar-refractivity contribution < 1.29 is 0 Å². The predicted molar refractivity (Wildman–Crippen MR) is 93.1 cm³/mol. The van der Waals surface area contributed by atoms with Crippen molar-refractivity contribution in [3.8, 4) is 0 Å². The van der Waals surface area contributed by atoms with Crippen LogP contribution in [0.2, 0.25) is 0 Å². The molecule has 0 nitrogen and oxygen atoms in total. The van der Waals surface area contributed by atoms with Gasteiger partial charge in [-0.3, -0.25) is 0 Å². The first-order chi connectivity index (χ1) is 9.67. The van der Waals surface area contributed by atoms with E-state index >= 15 is 0 Å². The first-order valence-corrected chi connectivity index (χ1v) is 7.90. The first kappa shape index (κ1) is 14.4. The van der Waals surface area contributed by atoms with Crippen LogP contribution in [0.25, 0.3) is 10.8 Å². The molecule has 0 amide bonds. The molecule has 2 aromatic carbocycles. The Morgan fingerprint density at radius 2 is 1.48 bits per heavy atom. The van der Waals surface area contributed by atoms with Crippen molar-refractivity contribution in [1.82, 2.24) is 0 Å². The van der Waals surface area contributed by atoms with E-state index in [0.717, 1.165) is 0 Å². The molecule has 0 saturated heterocycles. The van der Waals surface area contributed by atoms with Gasteiger partial charge in [0.25, 0.3) is 0 Å². The zero-order valence-corrected chi connectivity index (χ0v) is 14.4. The van der Waals surface area contributed by atoms with E-state index in [0.29, 0.717) is 0 Å². The van der Waals surface area contributed by atoms with Crippen molar-refractivity contribution in [2.45, 2.75) is 59.3 Å². The molecule has 0 spiro atoms. The van der Waals surface area contributed by atoms with Crippen molar-refractivity contribution >= 4 is 10.8 Å². The molecule has 1 aliphatic rings. The Kier molecular flexibility index (Phi) is 2.89. The number of benzene rings is 2. The van der Waals surface area contributed by atoms with Gasteiger partial charge in [0.1, 0.15) is 0 Å². The molecule has 0 saturated carbocycles. The molecule has 0 bridgehead atoms. The van der Waals surface area contributed by atoms with E-state index < -0.39 is 0 Å². The average molecular weight is 278 g/mol. The van der Waals surface area contributed by atoms with E-state index in [2.05, 4.69) is 78.8 Å². The van der Waals surface area contributed by atoms with Gasteiger partial charge in [-0.15, -0.1) is 0 Å². The summed E-state index contributed by atoms with van der Waals surface area (Å²) < 4.78 is 0. The van der Waals surface area contributed by atoms with Crippen LogP contribution < -0.4 is 0 Å². The third kappa shape index (κ3) is 1.81. The Labute approximate surface area is 128 Å². The lowest BCUT2D eigenvalue weighted by atomic mass is 9.57. The zero-order valence-electron chi connectivity index (χ0n) is 14.4. The minimum atomic E-state index is 0.0843. The van der Waals surface area contributed by atoms with Crippen LogP contribution in [0.3, 0.4) is 0 Å². The summed E-state index contributed by atoms with van der Waals surface area (Å²) in [6.45, 7) is 16.3. The molecule has 0 aromatic heterocycles. The third-order valence-electron chi connectivity index (χ3n) is 5.22. The van der Waals surface area contributed by atoms with Gasteiger partial charge in [0.2, 0.25) is 0 Å². The van der Waals surface area contributed by atoms with Crippen LogP contribution in [-0.2, 0) is 10.8 Å². The van der Waals surface area contributed by atoms with Crippen LogP contribution in [-0.4, -0.2) is 0 Å². The molecule has 0 atom stereocenters. The minimum Gasteiger partial charge on any atom is -0.0755 e. The second-order valence-electron chi connectivity index (χ2n) is 7.84. The molecule has 3 rings (SSSR count). The highest BCUT2D eigenvalue weighted by atomic mass is 14.5. The van der Waals surface area contributed by atoms with Crippen molar-refractivity contribution in [2.75, 3.05) is 0 Å². The summed E-state index contributed by atoms with van der Waals surface area (Å²) in [6.07, 6.45) is 0. The lowest BCUT2D eigenvalue weighted by Gasteiger charge is -2.46. The quantitative estimate of drug-likeness (QED) is 0.514. The fraction of sp³-hybridized carbons (Fsp3) is 0.429. The summed E-state index contributed by atoms with van der Waals surface area (Å²) in [6, 6.07) is 11.5. The summed E-state index contributed by atoms with van der Waals surface area (Å²) in [5, 5.41) is 2.86. The van der Waals surface area contributed by atoms with Crippen LogP contribution in [0.4, 0.5) is 0 Å². The highest BCUT2D eigenvalue weighted by Crippen LogP contribution is 2.53. The molecule has 0 aliphatic heterocycles. The van der Waals surface area contributed by atoms with Gasteiger partial charge in [0.05, 0.1) is 0 Å². The molecular weight excluding hydrogens is 252 g/mol. The Morgan fingerprint density at radius 1 is 0.857 bits per heavy atom. The number of aryl methyl sites for hydroxylation is 1. The molecule has 1 aliphatic carbocycles. The van der Waals surface area contributed by atoms with E-state index in [1.54, 1.807) is 5.57 Å². The molecule has 0 heteroatoms. The molecule has 2 aromatic rings. The largest absolute Gasteiger partial charge is 0.0755 e. The summed E-state index contributed by atoms with van der Waals surface area (Å²) in [4.78, 5) is 0. The second kappa shape index (κ2) is 4.22. The fourth-order valence-electron chi connectivity index (χ4n) is 4.89. The van der Waals surface area contributed by atoms with Crippen LogP contribution in [0.5, 0.6) is 0 Å². The maximum atomic E-state index is 2.39. The average Bonchev–Trinajstić information content (AvgIpc) is 2.34. The highest BCUT2D eigenvalue weighted by molar-refractivity contribution is 5.94. The Morgan fingerprint density at radius 3 is 2.10 bits per heavy atom. The van der Waals surface area contributed by atoms with Crippen LogP contribution >= 0.6 is 0 Å². The summed E-state index contributed by atoms with van der Waals surface area (Å²) in [5.74, 6) is 0. The maximum Gasteiger partial charge on any atom is 0.0123 e. The second-order valence-corrected chi connectivity index (χ2v) is 7.84. The predicted octanol–water partition coefficient (Wildman–Crippen LogP) is 6.05. The first-order valence-electron chi connectivity index (χ1n) is 7.90. The normalized spacial score (nSPS) is 18.9. The van der Waals surface area contributed by atoms with E-state index in [9.17, 15) is 0 Å². The van der Waals surface area contributed by atoms with Crippen LogP contribution in [0.1, 0.15) is 58.2 Å². The lowest BCUT2D eigenvalue weighted by molar-refractivity contribution is 0.469. The molecule has 0 N–H and O–H groups in total. The molecule has 0 unspecified atom stereocenters. The number of allylic oxidation sites excluding steroid dienone is 2. The highest BCUT2D eigenvalue weighted by Gasteiger charge is 2.43. The summed E-state index contributed by atoms with van der Waals surface area (Å²) >= 11 is 0. The van der Waals surface area contributed by atoms with Gasteiger partial charge in [-0.1, -0.05) is 74.7 Å². The smallest absolute Gasteiger partial charge is 0.0123 e. The molecule has 21 heavy (non-hydrogen) atoms. The maximum absolute atomic E-state index is 2.39. The van der Waals surface area contributed by atoms with Crippen molar-refractivity contribution in [3.63, 3.8) is 0 Å². The Bertz CT molecular complexity index is 766. The van der Waals surface area contributed by atoms with Crippen molar-refractivity contribution in [1.29, 1.82) is 0 Å². The fourth-order valence-corrected chi connectivity index (χ4v) is 4.89. The summed E-state index contributed by atoms with van der Waals surface area (Å²) in [7, 11) is 0.